The highest BCUT2D eigenvalue weighted by Crippen LogP contribution is 2.10. The lowest BCUT2D eigenvalue weighted by Crippen LogP contribution is -2.27. The summed E-state index contributed by atoms with van der Waals surface area (Å²) in [5, 5.41) is 19.2. The molecule has 1 aromatic heterocycles. The molecular weight excluding hydrogens is 258 g/mol. The van der Waals surface area contributed by atoms with Crippen LogP contribution in [0.25, 0.3) is 0 Å². The van der Waals surface area contributed by atoms with Crippen LogP contribution in [0.2, 0.25) is 0 Å². The molecule has 2 N–H and O–H groups in total. The first-order valence-electron chi connectivity index (χ1n) is 6.71. The molecule has 0 spiro atoms. The number of carbonyl (C=O) groups is 2. The first-order chi connectivity index (χ1) is 9.40. The molecule has 0 aromatic carbocycles. The third-order valence-electron chi connectivity index (χ3n) is 3.12. The van der Waals surface area contributed by atoms with Crippen molar-refractivity contribution in [3.63, 3.8) is 0 Å². The fourth-order valence-corrected chi connectivity index (χ4v) is 1.82. The van der Waals surface area contributed by atoms with Gasteiger partial charge < -0.3 is 10.4 Å². The average molecular weight is 279 g/mol. The van der Waals surface area contributed by atoms with Crippen LogP contribution in [-0.2, 0) is 4.79 Å². The van der Waals surface area contributed by atoms with Crippen molar-refractivity contribution < 1.29 is 14.7 Å². The number of amides is 1. The van der Waals surface area contributed by atoms with E-state index in [4.69, 9.17) is 5.11 Å². The van der Waals surface area contributed by atoms with Crippen molar-refractivity contribution in [1.82, 2.24) is 15.5 Å². The molecule has 0 saturated heterocycles. The number of nitrogens with zero attached hydrogens (tertiary/aromatic N) is 2. The summed E-state index contributed by atoms with van der Waals surface area (Å²) in [6, 6.07) is 1.71. The van der Waals surface area contributed by atoms with Crippen molar-refractivity contribution in [2.45, 2.75) is 40.0 Å². The number of nitrogens with one attached hydrogen (secondary N) is 1. The second-order valence-electron chi connectivity index (χ2n) is 5.07. The van der Waals surface area contributed by atoms with Crippen molar-refractivity contribution in [3.05, 3.63) is 23.0 Å². The molecule has 6 nitrogen and oxygen atoms in total. The Kier molecular flexibility index (Phi) is 6.09. The van der Waals surface area contributed by atoms with Gasteiger partial charge in [-0.3, -0.25) is 9.59 Å². The second-order valence-corrected chi connectivity index (χ2v) is 5.07. The van der Waals surface area contributed by atoms with Gasteiger partial charge in [0.2, 0.25) is 0 Å². The molecule has 0 aliphatic heterocycles. The fourth-order valence-electron chi connectivity index (χ4n) is 1.82. The fraction of sp³-hybridized carbons (Fsp3) is 0.571. The van der Waals surface area contributed by atoms with Gasteiger partial charge >= 0.3 is 5.97 Å². The maximum atomic E-state index is 12.0. The maximum absolute atomic E-state index is 12.0. The van der Waals surface area contributed by atoms with E-state index in [1.807, 2.05) is 6.92 Å². The molecule has 0 aliphatic rings. The number of rotatable bonds is 7. The molecular formula is C14H21N3O3. The number of carboxylic acid groups (broad SMARTS) is 1. The summed E-state index contributed by atoms with van der Waals surface area (Å²) in [5.74, 6) is -0.675. The summed E-state index contributed by atoms with van der Waals surface area (Å²) in [4.78, 5) is 22.4. The molecule has 1 aromatic rings. The first-order valence-corrected chi connectivity index (χ1v) is 6.71. The smallest absolute Gasteiger partial charge is 0.303 e. The summed E-state index contributed by atoms with van der Waals surface area (Å²) in [7, 11) is 0. The number of aliphatic carboxylic acids is 1. The minimum Gasteiger partial charge on any atom is -0.481 e. The summed E-state index contributed by atoms with van der Waals surface area (Å²) < 4.78 is 0. The molecule has 1 heterocycles. The van der Waals surface area contributed by atoms with E-state index in [2.05, 4.69) is 15.5 Å². The molecule has 6 heteroatoms. The van der Waals surface area contributed by atoms with Gasteiger partial charge in [-0.2, -0.15) is 10.2 Å². The zero-order valence-corrected chi connectivity index (χ0v) is 12.1. The molecule has 1 amide bonds. The Labute approximate surface area is 118 Å². The monoisotopic (exact) mass is 279 g/mol. The highest BCUT2D eigenvalue weighted by atomic mass is 16.4. The maximum Gasteiger partial charge on any atom is 0.303 e. The van der Waals surface area contributed by atoms with Crippen molar-refractivity contribution in [2.75, 3.05) is 6.54 Å². The molecule has 0 bridgehead atoms. The van der Waals surface area contributed by atoms with Crippen LogP contribution in [0.1, 0.15) is 47.9 Å². The molecule has 0 saturated carbocycles. The zero-order chi connectivity index (χ0) is 15.1. The Morgan fingerprint density at radius 1 is 1.30 bits per heavy atom. The van der Waals surface area contributed by atoms with Crippen LogP contribution < -0.4 is 5.32 Å². The summed E-state index contributed by atoms with van der Waals surface area (Å²) >= 11 is 0. The SMILES string of the molecule is Cc1cc(C(=O)NCCC(C)CCC(=O)O)c(C)nn1. The van der Waals surface area contributed by atoms with Gasteiger partial charge in [0.05, 0.1) is 17.0 Å². The normalized spacial score (nSPS) is 11.9. The molecule has 1 unspecified atom stereocenters. The van der Waals surface area contributed by atoms with Gasteiger partial charge in [0.15, 0.2) is 0 Å². The van der Waals surface area contributed by atoms with Crippen LogP contribution in [0.5, 0.6) is 0 Å². The molecule has 1 atom stereocenters. The quantitative estimate of drug-likeness (QED) is 0.792. The van der Waals surface area contributed by atoms with Crippen LogP contribution in [0.4, 0.5) is 0 Å². The number of aryl methyl sites for hydroxylation is 2. The largest absolute Gasteiger partial charge is 0.481 e. The van der Waals surface area contributed by atoms with E-state index in [1.165, 1.54) is 0 Å². The second kappa shape index (κ2) is 7.57. The Bertz CT molecular complexity index is 489. The number of hydrogen-bond donors (Lipinski definition) is 2. The van der Waals surface area contributed by atoms with E-state index in [0.29, 0.717) is 29.9 Å². The molecule has 1 rings (SSSR count). The Hall–Kier alpha value is -1.98. The van der Waals surface area contributed by atoms with Crippen molar-refractivity contribution in [2.24, 2.45) is 5.92 Å². The predicted molar refractivity (Wildman–Crippen MR) is 74.5 cm³/mol. The third-order valence-corrected chi connectivity index (χ3v) is 3.12. The summed E-state index contributed by atoms with van der Waals surface area (Å²) in [6.45, 7) is 6.05. The third kappa shape index (κ3) is 5.34. The van der Waals surface area contributed by atoms with Gasteiger partial charge in [0.1, 0.15) is 0 Å². The molecule has 0 fully saturated rings. The Morgan fingerprint density at radius 3 is 2.65 bits per heavy atom. The lowest BCUT2D eigenvalue weighted by molar-refractivity contribution is -0.137. The minimum atomic E-state index is -0.783. The van der Waals surface area contributed by atoms with Crippen LogP contribution >= 0.6 is 0 Å². The first kappa shape index (κ1) is 16.1. The Balaban J connectivity index is 2.40. The van der Waals surface area contributed by atoms with E-state index in [9.17, 15) is 9.59 Å². The topological polar surface area (TPSA) is 92.2 Å². The van der Waals surface area contributed by atoms with Crippen molar-refractivity contribution in [3.8, 4) is 0 Å². The average Bonchev–Trinajstić information content (AvgIpc) is 2.39. The van der Waals surface area contributed by atoms with Crippen LogP contribution in [0.3, 0.4) is 0 Å². The molecule has 20 heavy (non-hydrogen) atoms. The van der Waals surface area contributed by atoms with E-state index in [1.54, 1.807) is 19.9 Å². The standard InChI is InChI=1S/C14H21N3O3/c1-9(4-5-13(18)19)6-7-15-14(20)12-8-10(2)16-17-11(12)3/h8-9H,4-7H2,1-3H3,(H,15,20)(H,18,19). The highest BCUT2D eigenvalue weighted by molar-refractivity contribution is 5.95. The summed E-state index contributed by atoms with van der Waals surface area (Å²) in [6.07, 6.45) is 1.55. The number of carboxylic acids is 1. The molecule has 0 aliphatic carbocycles. The van der Waals surface area contributed by atoms with Gasteiger partial charge in [-0.25, -0.2) is 0 Å². The van der Waals surface area contributed by atoms with Gasteiger partial charge in [-0.05, 0) is 38.7 Å². The Morgan fingerprint density at radius 2 is 2.00 bits per heavy atom. The van der Waals surface area contributed by atoms with E-state index >= 15 is 0 Å². The molecule has 0 radical (unpaired) electrons. The van der Waals surface area contributed by atoms with Crippen molar-refractivity contribution >= 4 is 11.9 Å². The predicted octanol–water partition coefficient (Wildman–Crippen LogP) is 1.71. The number of hydrogen-bond acceptors (Lipinski definition) is 4. The van der Waals surface area contributed by atoms with Crippen LogP contribution in [0, 0.1) is 19.8 Å². The van der Waals surface area contributed by atoms with Crippen LogP contribution in [0.15, 0.2) is 6.07 Å². The van der Waals surface area contributed by atoms with Crippen LogP contribution in [-0.4, -0.2) is 33.7 Å². The van der Waals surface area contributed by atoms with Gasteiger partial charge in [-0.1, -0.05) is 6.92 Å². The minimum absolute atomic E-state index is 0.161. The molecule has 110 valence electrons. The highest BCUT2D eigenvalue weighted by Gasteiger charge is 2.11. The summed E-state index contributed by atoms with van der Waals surface area (Å²) in [5.41, 5.74) is 1.85. The lowest BCUT2D eigenvalue weighted by Gasteiger charge is -2.11. The number of carbonyl (C=O) groups excluding carboxylic acids is 1. The van der Waals surface area contributed by atoms with Gasteiger partial charge in [0.25, 0.3) is 5.91 Å². The lowest BCUT2D eigenvalue weighted by atomic mass is 10.0. The van der Waals surface area contributed by atoms with Gasteiger partial charge in [-0.15, -0.1) is 0 Å². The zero-order valence-electron chi connectivity index (χ0n) is 12.1. The van der Waals surface area contributed by atoms with E-state index < -0.39 is 5.97 Å². The number of aromatic nitrogens is 2. The van der Waals surface area contributed by atoms with Gasteiger partial charge in [0, 0.05) is 13.0 Å². The van der Waals surface area contributed by atoms with E-state index in [0.717, 1.165) is 6.42 Å². The van der Waals surface area contributed by atoms with Crippen molar-refractivity contribution in [1.29, 1.82) is 0 Å². The van der Waals surface area contributed by atoms with E-state index in [-0.39, 0.29) is 18.2 Å².